The minimum atomic E-state index is -0.619. The van der Waals surface area contributed by atoms with Crippen molar-refractivity contribution in [3.63, 3.8) is 0 Å². The summed E-state index contributed by atoms with van der Waals surface area (Å²) in [4.78, 5) is 26.3. The van der Waals surface area contributed by atoms with Gasteiger partial charge in [-0.3, -0.25) is 26.1 Å². The fourth-order valence-corrected chi connectivity index (χ4v) is 2.61. The lowest BCUT2D eigenvalue weighted by Crippen LogP contribution is -2.18. The Morgan fingerprint density at radius 2 is 2.25 bits per heavy atom. The number of thiazole rings is 1. The Morgan fingerprint density at radius 1 is 1.50 bits per heavy atom. The van der Waals surface area contributed by atoms with Crippen molar-refractivity contribution in [2.75, 3.05) is 10.7 Å². The third-order valence-corrected chi connectivity index (χ3v) is 3.72. The molecular weight excluding hydrogens is 350 g/mol. The van der Waals surface area contributed by atoms with E-state index in [0.29, 0.717) is 5.13 Å². The van der Waals surface area contributed by atoms with Crippen LogP contribution in [0.25, 0.3) is 0 Å². The van der Waals surface area contributed by atoms with E-state index in [2.05, 4.69) is 31.7 Å². The summed E-state index contributed by atoms with van der Waals surface area (Å²) in [5.74, 6) is 4.73. The molecule has 104 valence electrons. The van der Waals surface area contributed by atoms with Crippen molar-refractivity contribution >= 4 is 49.7 Å². The number of nitrogens with zero attached hydrogens (tertiary/aromatic N) is 2. The summed E-state index contributed by atoms with van der Waals surface area (Å²) >= 11 is 4.44. The summed E-state index contributed by atoms with van der Waals surface area (Å²) in [5.41, 5.74) is 1.92. The number of hydrogen-bond donors (Lipinski definition) is 3. The number of amides is 1. The number of carbonyl (C=O) groups excluding carboxylic acids is 1. The van der Waals surface area contributed by atoms with E-state index in [1.807, 2.05) is 0 Å². The molecule has 0 atom stereocenters. The summed E-state index contributed by atoms with van der Waals surface area (Å²) in [6, 6.07) is 4.10. The smallest absolute Gasteiger partial charge is 0.294 e. The van der Waals surface area contributed by atoms with Crippen LogP contribution in [-0.4, -0.2) is 15.8 Å². The van der Waals surface area contributed by atoms with Crippen molar-refractivity contribution in [1.82, 2.24) is 4.98 Å². The molecule has 8 nitrogen and oxygen atoms in total. The standard InChI is InChI=1S/C10H8BrN5O3S/c11-7-4-13-10(20-7)14-9(17)5-2-1-3-6(16(18)19)8(5)15-12/h1-4,15H,12H2,(H,13,14,17). The number of rotatable bonds is 4. The minimum Gasteiger partial charge on any atom is -0.318 e. The number of benzene rings is 1. The van der Waals surface area contributed by atoms with E-state index >= 15 is 0 Å². The number of para-hydroxylation sites is 1. The van der Waals surface area contributed by atoms with Gasteiger partial charge < -0.3 is 5.43 Å². The highest BCUT2D eigenvalue weighted by Crippen LogP contribution is 2.29. The molecule has 1 heterocycles. The van der Waals surface area contributed by atoms with Crippen LogP contribution < -0.4 is 16.6 Å². The quantitative estimate of drug-likeness (QED) is 0.438. The Kier molecular flexibility index (Phi) is 4.27. The summed E-state index contributed by atoms with van der Waals surface area (Å²) < 4.78 is 0.754. The second kappa shape index (κ2) is 5.94. The summed E-state index contributed by atoms with van der Waals surface area (Å²) in [7, 11) is 0. The highest BCUT2D eigenvalue weighted by molar-refractivity contribution is 9.11. The molecule has 0 spiro atoms. The number of nitrogen functional groups attached to an aromatic ring is 1. The maximum Gasteiger partial charge on any atom is 0.294 e. The van der Waals surface area contributed by atoms with Crippen molar-refractivity contribution in [2.45, 2.75) is 0 Å². The van der Waals surface area contributed by atoms with Crippen LogP contribution in [0.5, 0.6) is 0 Å². The lowest BCUT2D eigenvalue weighted by atomic mass is 10.1. The van der Waals surface area contributed by atoms with E-state index in [1.165, 1.54) is 35.7 Å². The van der Waals surface area contributed by atoms with Gasteiger partial charge >= 0.3 is 0 Å². The van der Waals surface area contributed by atoms with Gasteiger partial charge in [0.15, 0.2) is 5.13 Å². The fourth-order valence-electron chi connectivity index (χ4n) is 1.51. The number of nitro benzene ring substituents is 1. The van der Waals surface area contributed by atoms with Crippen molar-refractivity contribution in [3.8, 4) is 0 Å². The third-order valence-electron chi connectivity index (χ3n) is 2.33. The largest absolute Gasteiger partial charge is 0.318 e. The maximum atomic E-state index is 12.1. The number of carbonyl (C=O) groups is 1. The van der Waals surface area contributed by atoms with E-state index in [1.54, 1.807) is 0 Å². The Labute approximate surface area is 125 Å². The number of hydrogen-bond acceptors (Lipinski definition) is 7. The van der Waals surface area contributed by atoms with Crippen LogP contribution in [-0.2, 0) is 0 Å². The highest BCUT2D eigenvalue weighted by atomic mass is 79.9. The lowest BCUT2D eigenvalue weighted by Gasteiger charge is -2.08. The summed E-state index contributed by atoms with van der Waals surface area (Å²) in [5, 5.41) is 13.8. The van der Waals surface area contributed by atoms with E-state index in [9.17, 15) is 14.9 Å². The first-order chi connectivity index (χ1) is 9.52. The van der Waals surface area contributed by atoms with Crippen LogP contribution >= 0.6 is 27.3 Å². The molecule has 2 aromatic rings. The fraction of sp³-hybridized carbons (Fsp3) is 0. The van der Waals surface area contributed by atoms with Crippen LogP contribution in [0, 0.1) is 10.1 Å². The highest BCUT2D eigenvalue weighted by Gasteiger charge is 2.21. The number of nitrogens with two attached hydrogens (primary N) is 1. The molecule has 0 saturated carbocycles. The van der Waals surface area contributed by atoms with E-state index in [-0.39, 0.29) is 16.9 Å². The number of halogens is 1. The van der Waals surface area contributed by atoms with Gasteiger partial charge in [-0.2, -0.15) is 0 Å². The minimum absolute atomic E-state index is 0.0504. The predicted molar refractivity (Wildman–Crippen MR) is 78.7 cm³/mol. The molecule has 1 aromatic heterocycles. The van der Waals surface area contributed by atoms with Crippen LogP contribution in [0.1, 0.15) is 10.4 Å². The van der Waals surface area contributed by atoms with Crippen LogP contribution in [0.4, 0.5) is 16.5 Å². The van der Waals surface area contributed by atoms with Gasteiger partial charge in [-0.15, -0.1) is 0 Å². The molecule has 0 aliphatic rings. The van der Waals surface area contributed by atoms with Gasteiger partial charge in [0.2, 0.25) is 0 Å². The second-order valence-corrected chi connectivity index (χ2v) is 5.93. The SMILES string of the molecule is NNc1c(C(=O)Nc2ncc(Br)s2)cccc1[N+](=O)[O-]. The van der Waals surface area contributed by atoms with Gasteiger partial charge in [0.1, 0.15) is 5.69 Å². The molecule has 0 aliphatic carbocycles. The first kappa shape index (κ1) is 14.4. The molecule has 20 heavy (non-hydrogen) atoms. The zero-order chi connectivity index (χ0) is 14.7. The molecule has 0 aliphatic heterocycles. The third kappa shape index (κ3) is 2.92. The molecule has 1 amide bonds. The first-order valence-corrected chi connectivity index (χ1v) is 6.80. The number of hydrazine groups is 1. The predicted octanol–water partition coefficient (Wildman–Crippen LogP) is 2.35. The van der Waals surface area contributed by atoms with Crippen LogP contribution in [0.3, 0.4) is 0 Å². The van der Waals surface area contributed by atoms with Crippen molar-refractivity contribution in [3.05, 3.63) is 43.9 Å². The van der Waals surface area contributed by atoms with Crippen LogP contribution in [0.15, 0.2) is 28.2 Å². The van der Waals surface area contributed by atoms with Crippen molar-refractivity contribution in [2.24, 2.45) is 5.84 Å². The lowest BCUT2D eigenvalue weighted by molar-refractivity contribution is -0.384. The van der Waals surface area contributed by atoms with Gasteiger partial charge in [0.05, 0.1) is 20.5 Å². The van der Waals surface area contributed by atoms with Crippen molar-refractivity contribution < 1.29 is 9.72 Å². The van der Waals surface area contributed by atoms with Gasteiger partial charge in [-0.1, -0.05) is 17.4 Å². The molecule has 4 N–H and O–H groups in total. The summed E-state index contributed by atoms with van der Waals surface area (Å²) in [6.45, 7) is 0. The van der Waals surface area contributed by atoms with E-state index < -0.39 is 10.8 Å². The second-order valence-electron chi connectivity index (χ2n) is 3.52. The van der Waals surface area contributed by atoms with E-state index in [0.717, 1.165) is 3.79 Å². The Balaban J connectivity index is 2.34. The Hall–Kier alpha value is -2.04. The molecular formula is C10H8BrN5O3S. The van der Waals surface area contributed by atoms with Gasteiger partial charge in [-0.25, -0.2) is 4.98 Å². The topological polar surface area (TPSA) is 123 Å². The number of nitrogens with one attached hydrogen (secondary N) is 2. The average molecular weight is 358 g/mol. The molecule has 1 aromatic carbocycles. The molecule has 0 saturated heterocycles. The first-order valence-electron chi connectivity index (χ1n) is 5.19. The molecule has 0 bridgehead atoms. The number of anilines is 2. The molecule has 10 heteroatoms. The normalized spacial score (nSPS) is 10.1. The van der Waals surface area contributed by atoms with E-state index in [4.69, 9.17) is 5.84 Å². The maximum absolute atomic E-state index is 12.1. The Morgan fingerprint density at radius 3 is 2.80 bits per heavy atom. The number of nitro groups is 1. The summed E-state index contributed by atoms with van der Waals surface area (Å²) in [6.07, 6.45) is 1.54. The zero-order valence-electron chi connectivity index (χ0n) is 9.79. The molecule has 0 unspecified atom stereocenters. The van der Waals surface area contributed by atoms with Crippen LogP contribution in [0.2, 0.25) is 0 Å². The van der Waals surface area contributed by atoms with Gasteiger partial charge in [0, 0.05) is 6.07 Å². The average Bonchev–Trinajstić information content (AvgIpc) is 2.82. The number of aromatic nitrogens is 1. The van der Waals surface area contributed by atoms with Gasteiger partial charge in [-0.05, 0) is 22.0 Å². The van der Waals surface area contributed by atoms with Crippen molar-refractivity contribution in [1.29, 1.82) is 0 Å². The zero-order valence-corrected chi connectivity index (χ0v) is 12.2. The molecule has 2 rings (SSSR count). The van der Waals surface area contributed by atoms with Gasteiger partial charge in [0.25, 0.3) is 11.6 Å². The molecule has 0 fully saturated rings. The Bertz CT molecular complexity index is 675. The molecule has 0 radical (unpaired) electrons. The monoisotopic (exact) mass is 357 g/mol.